The summed E-state index contributed by atoms with van der Waals surface area (Å²) in [4.78, 5) is 40.1. The van der Waals surface area contributed by atoms with Crippen molar-refractivity contribution in [2.24, 2.45) is 0 Å². The largest absolute Gasteiger partial charge is 0.383 e. The normalized spacial score (nSPS) is 10.5. The summed E-state index contributed by atoms with van der Waals surface area (Å²) >= 11 is 0. The molecule has 0 spiro atoms. The summed E-state index contributed by atoms with van der Waals surface area (Å²) in [6.07, 6.45) is 0.253. The van der Waals surface area contributed by atoms with E-state index in [-0.39, 0.29) is 29.2 Å². The summed E-state index contributed by atoms with van der Waals surface area (Å²) in [5.41, 5.74) is 2.25. The van der Waals surface area contributed by atoms with Crippen LogP contribution in [0.25, 0.3) is 0 Å². The maximum atomic E-state index is 12.8. The van der Waals surface area contributed by atoms with Crippen LogP contribution in [0, 0.1) is 27.2 Å². The average molecular weight is 435 g/mol. The van der Waals surface area contributed by atoms with E-state index in [4.69, 9.17) is 0 Å². The molecule has 0 aliphatic carbocycles. The van der Waals surface area contributed by atoms with Crippen molar-refractivity contribution in [1.29, 1.82) is 0 Å². The zero-order valence-corrected chi connectivity index (χ0v) is 17.7. The van der Waals surface area contributed by atoms with Crippen LogP contribution in [0.2, 0.25) is 0 Å². The Morgan fingerprint density at radius 3 is 2.22 bits per heavy atom. The maximum absolute atomic E-state index is 12.8. The molecule has 0 saturated carbocycles. The summed E-state index contributed by atoms with van der Waals surface area (Å²) in [5.74, 6) is -0.470. The Bertz CT molecular complexity index is 1210. The lowest BCUT2D eigenvalue weighted by atomic mass is 10.0. The lowest BCUT2D eigenvalue weighted by molar-refractivity contribution is -0.384. The smallest absolute Gasteiger partial charge is 0.293 e. The van der Waals surface area contributed by atoms with Crippen molar-refractivity contribution < 1.29 is 14.6 Å². The Kier molecular flexibility index (Phi) is 6.43. The van der Waals surface area contributed by atoms with Crippen LogP contribution in [0.1, 0.15) is 27.3 Å². The predicted octanol–water partition coefficient (Wildman–Crippen LogP) is 4.12. The van der Waals surface area contributed by atoms with Crippen molar-refractivity contribution in [1.82, 2.24) is 4.98 Å². The van der Waals surface area contributed by atoms with Gasteiger partial charge in [0.05, 0.1) is 9.85 Å². The Morgan fingerprint density at radius 1 is 1.00 bits per heavy atom. The first-order chi connectivity index (χ1) is 15.2. The lowest BCUT2D eigenvalue weighted by Crippen LogP contribution is -2.28. The molecule has 0 aliphatic rings. The molecule has 0 radical (unpaired) electrons. The molecule has 1 N–H and O–H groups in total. The first kappa shape index (κ1) is 22.3. The summed E-state index contributed by atoms with van der Waals surface area (Å²) in [7, 11) is 3.04. The summed E-state index contributed by atoms with van der Waals surface area (Å²) in [6, 6.07) is 14.3. The standard InChI is InChI=1S/C22H21N5O5/c1-14-5-4-6-18(24-14)22(28)25(3)19-10-8-16(13-21(19)27(31)32)11-15-7-9-17(23-2)20(12-15)26(29)30/h4-10,12-13,23H,11H2,1-3H3. The van der Waals surface area contributed by atoms with Gasteiger partial charge in [-0.15, -0.1) is 0 Å². The van der Waals surface area contributed by atoms with E-state index in [1.54, 1.807) is 50.4 Å². The number of nitro benzene ring substituents is 2. The molecule has 10 nitrogen and oxygen atoms in total. The molecule has 0 aliphatic heterocycles. The van der Waals surface area contributed by atoms with Crippen molar-refractivity contribution in [2.75, 3.05) is 24.3 Å². The Morgan fingerprint density at radius 2 is 1.62 bits per heavy atom. The van der Waals surface area contributed by atoms with Crippen molar-refractivity contribution in [3.63, 3.8) is 0 Å². The van der Waals surface area contributed by atoms with Crippen LogP contribution in [0.5, 0.6) is 0 Å². The summed E-state index contributed by atoms with van der Waals surface area (Å²) in [6.45, 7) is 1.75. The minimum absolute atomic E-state index is 0.0768. The molecule has 1 heterocycles. The van der Waals surface area contributed by atoms with Gasteiger partial charge in [-0.2, -0.15) is 0 Å². The number of hydrogen-bond acceptors (Lipinski definition) is 7. The minimum atomic E-state index is -0.557. The van der Waals surface area contributed by atoms with E-state index in [2.05, 4.69) is 10.3 Å². The van der Waals surface area contributed by atoms with E-state index in [1.807, 2.05) is 0 Å². The Labute approximate surface area is 183 Å². The number of nitrogens with one attached hydrogen (secondary N) is 1. The molecule has 0 atom stereocenters. The van der Waals surface area contributed by atoms with Crippen molar-refractivity contribution in [3.05, 3.63) is 97.3 Å². The fourth-order valence-electron chi connectivity index (χ4n) is 3.34. The number of aryl methyl sites for hydroxylation is 1. The first-order valence-corrected chi connectivity index (χ1v) is 9.65. The maximum Gasteiger partial charge on any atom is 0.293 e. The topological polar surface area (TPSA) is 132 Å². The number of amides is 1. The lowest BCUT2D eigenvalue weighted by Gasteiger charge is -2.17. The number of pyridine rings is 1. The molecule has 0 fully saturated rings. The number of carbonyl (C=O) groups is 1. The molecule has 164 valence electrons. The zero-order chi connectivity index (χ0) is 23.4. The summed E-state index contributed by atoms with van der Waals surface area (Å²) in [5, 5.41) is 25.8. The van der Waals surface area contributed by atoms with Gasteiger partial charge in [0.2, 0.25) is 0 Å². The fourth-order valence-corrected chi connectivity index (χ4v) is 3.34. The van der Waals surface area contributed by atoms with Gasteiger partial charge in [-0.05, 0) is 48.7 Å². The van der Waals surface area contributed by atoms with E-state index in [9.17, 15) is 25.0 Å². The number of benzene rings is 2. The predicted molar refractivity (Wildman–Crippen MR) is 120 cm³/mol. The molecular weight excluding hydrogens is 414 g/mol. The van der Waals surface area contributed by atoms with Crippen LogP contribution in [0.15, 0.2) is 54.6 Å². The second-order valence-corrected chi connectivity index (χ2v) is 7.14. The molecule has 3 rings (SSSR count). The third-order valence-corrected chi connectivity index (χ3v) is 4.95. The van der Waals surface area contributed by atoms with Crippen LogP contribution >= 0.6 is 0 Å². The average Bonchev–Trinajstić information content (AvgIpc) is 2.78. The highest BCUT2D eigenvalue weighted by Gasteiger charge is 2.24. The molecule has 1 aromatic heterocycles. The van der Waals surface area contributed by atoms with Crippen LogP contribution < -0.4 is 10.2 Å². The van der Waals surface area contributed by atoms with Gasteiger partial charge < -0.3 is 10.2 Å². The van der Waals surface area contributed by atoms with E-state index >= 15 is 0 Å². The molecule has 0 saturated heterocycles. The van der Waals surface area contributed by atoms with Crippen LogP contribution in [-0.4, -0.2) is 34.8 Å². The highest BCUT2D eigenvalue weighted by molar-refractivity contribution is 6.05. The third-order valence-electron chi connectivity index (χ3n) is 4.95. The molecule has 10 heteroatoms. The van der Waals surface area contributed by atoms with Gasteiger partial charge in [-0.1, -0.05) is 18.2 Å². The van der Waals surface area contributed by atoms with E-state index in [1.165, 1.54) is 30.1 Å². The number of carbonyl (C=O) groups excluding carboxylic acids is 1. The van der Waals surface area contributed by atoms with Gasteiger partial charge in [-0.25, -0.2) is 4.98 Å². The van der Waals surface area contributed by atoms with Gasteiger partial charge in [0.15, 0.2) is 0 Å². The third kappa shape index (κ3) is 4.69. The van der Waals surface area contributed by atoms with Gasteiger partial charge in [0, 0.05) is 31.9 Å². The Hall–Kier alpha value is -4.34. The number of rotatable bonds is 7. The monoisotopic (exact) mass is 435 g/mol. The molecular formula is C22H21N5O5. The van der Waals surface area contributed by atoms with Crippen LogP contribution in [0.3, 0.4) is 0 Å². The number of nitro groups is 2. The minimum Gasteiger partial charge on any atom is -0.383 e. The molecule has 3 aromatic rings. The second-order valence-electron chi connectivity index (χ2n) is 7.14. The number of nitrogens with zero attached hydrogens (tertiary/aromatic N) is 4. The number of hydrogen-bond donors (Lipinski definition) is 1. The van der Waals surface area contributed by atoms with E-state index in [0.717, 1.165) is 0 Å². The molecule has 0 unspecified atom stereocenters. The van der Waals surface area contributed by atoms with E-state index in [0.29, 0.717) is 22.5 Å². The molecule has 1 amide bonds. The van der Waals surface area contributed by atoms with Crippen molar-refractivity contribution in [3.8, 4) is 0 Å². The van der Waals surface area contributed by atoms with Crippen LogP contribution in [-0.2, 0) is 6.42 Å². The SMILES string of the molecule is CNc1ccc(Cc2ccc(N(C)C(=O)c3cccc(C)n3)c([N+](=O)[O-])c2)cc1[N+](=O)[O-]. The Balaban J connectivity index is 1.93. The quantitative estimate of drug-likeness (QED) is 0.436. The van der Waals surface area contributed by atoms with Crippen molar-refractivity contribution in [2.45, 2.75) is 13.3 Å². The molecule has 0 bridgehead atoms. The first-order valence-electron chi connectivity index (χ1n) is 9.65. The fraction of sp³-hybridized carbons (Fsp3) is 0.182. The highest BCUT2D eigenvalue weighted by atomic mass is 16.6. The molecule has 32 heavy (non-hydrogen) atoms. The van der Waals surface area contributed by atoms with Gasteiger partial charge in [-0.3, -0.25) is 25.0 Å². The number of aromatic nitrogens is 1. The van der Waals surface area contributed by atoms with E-state index < -0.39 is 15.8 Å². The highest BCUT2D eigenvalue weighted by Crippen LogP contribution is 2.31. The van der Waals surface area contributed by atoms with Gasteiger partial charge >= 0.3 is 0 Å². The van der Waals surface area contributed by atoms with Crippen molar-refractivity contribution >= 4 is 28.7 Å². The van der Waals surface area contributed by atoms with Crippen LogP contribution in [0.4, 0.5) is 22.7 Å². The molecule has 2 aromatic carbocycles. The summed E-state index contributed by atoms with van der Waals surface area (Å²) < 4.78 is 0. The van der Waals surface area contributed by atoms with Gasteiger partial charge in [0.1, 0.15) is 17.1 Å². The van der Waals surface area contributed by atoms with Gasteiger partial charge in [0.25, 0.3) is 17.3 Å². The number of anilines is 2. The zero-order valence-electron chi connectivity index (χ0n) is 17.7. The second kappa shape index (κ2) is 9.21.